The Balaban J connectivity index is 1.72. The summed E-state index contributed by atoms with van der Waals surface area (Å²) in [7, 11) is 0. The number of benzene rings is 1. The highest BCUT2D eigenvalue weighted by Crippen LogP contribution is 2.42. The number of hydrogen-bond donors (Lipinski definition) is 3. The van der Waals surface area contributed by atoms with Crippen LogP contribution in [0.5, 0.6) is 0 Å². The van der Waals surface area contributed by atoms with E-state index < -0.39 is 5.92 Å². The first-order valence-electron chi connectivity index (χ1n) is 11.9. The Labute approximate surface area is 190 Å². The highest BCUT2D eigenvalue weighted by atomic mass is 16.4. The largest absolute Gasteiger partial charge is 0.438 e. The fourth-order valence-electron chi connectivity index (χ4n) is 5.50. The van der Waals surface area contributed by atoms with Gasteiger partial charge in [-0.3, -0.25) is 15.1 Å². The fourth-order valence-corrected chi connectivity index (χ4v) is 5.50. The van der Waals surface area contributed by atoms with Gasteiger partial charge in [0.15, 0.2) is 5.84 Å². The van der Waals surface area contributed by atoms with Crippen molar-refractivity contribution in [3.8, 4) is 0 Å². The number of likely N-dealkylation sites (tertiary alicyclic amines) is 1. The average molecular weight is 438 g/mol. The standard InChI is InChI=1S/C25H35N5O2/c1-4-5-12-21(30-15(2)8-6-9-16(30)3)17-10-7-11-20-18(17)13-19(24(31)29-20)22-14-28-25(32-22)23(26)27/h7,10-11,14-16,19,21H,4-6,8-9,12-13H2,1-3H3,(H3,26,27)(H,29,31). The molecule has 4 rings (SSSR count). The predicted octanol–water partition coefficient (Wildman–Crippen LogP) is 4.73. The van der Waals surface area contributed by atoms with Gasteiger partial charge in [0, 0.05) is 23.8 Å². The van der Waals surface area contributed by atoms with Crippen LogP contribution in [0, 0.1) is 5.41 Å². The first-order chi connectivity index (χ1) is 15.4. The van der Waals surface area contributed by atoms with E-state index in [0.717, 1.165) is 18.5 Å². The first-order valence-corrected chi connectivity index (χ1v) is 11.9. The van der Waals surface area contributed by atoms with E-state index in [9.17, 15) is 4.79 Å². The van der Waals surface area contributed by atoms with Crippen LogP contribution in [-0.4, -0.2) is 33.7 Å². The molecule has 32 heavy (non-hydrogen) atoms. The maximum Gasteiger partial charge on any atom is 0.261 e. The molecule has 2 aliphatic rings. The van der Waals surface area contributed by atoms with Crippen LogP contribution in [-0.2, 0) is 11.2 Å². The van der Waals surface area contributed by atoms with Crippen molar-refractivity contribution < 1.29 is 9.21 Å². The minimum absolute atomic E-state index is 0.0590. The number of rotatable bonds is 7. The van der Waals surface area contributed by atoms with E-state index in [-0.39, 0.29) is 17.6 Å². The predicted molar refractivity (Wildman–Crippen MR) is 126 cm³/mol. The molecule has 172 valence electrons. The second kappa shape index (κ2) is 9.45. The number of aromatic nitrogens is 1. The maximum atomic E-state index is 12.9. The van der Waals surface area contributed by atoms with E-state index in [1.807, 2.05) is 6.07 Å². The van der Waals surface area contributed by atoms with Gasteiger partial charge in [-0.05, 0) is 56.7 Å². The third kappa shape index (κ3) is 4.31. The number of unbranched alkanes of at least 4 members (excludes halogenated alkanes) is 1. The number of piperidine rings is 1. The fraction of sp³-hybridized carbons (Fsp3) is 0.560. The molecule has 1 fully saturated rings. The molecule has 2 aliphatic heterocycles. The number of nitrogen functional groups attached to an aromatic ring is 1. The van der Waals surface area contributed by atoms with Crippen LogP contribution in [0.4, 0.5) is 5.69 Å². The number of carbonyl (C=O) groups is 1. The van der Waals surface area contributed by atoms with Crippen molar-refractivity contribution in [3.05, 3.63) is 47.2 Å². The Morgan fingerprint density at radius 1 is 1.34 bits per heavy atom. The second-order valence-electron chi connectivity index (χ2n) is 9.33. The number of anilines is 1. The Morgan fingerprint density at radius 3 is 2.75 bits per heavy atom. The second-order valence-corrected chi connectivity index (χ2v) is 9.33. The van der Waals surface area contributed by atoms with Crippen molar-refractivity contribution in [1.29, 1.82) is 5.41 Å². The molecule has 1 amide bonds. The third-order valence-electron chi connectivity index (χ3n) is 7.10. The minimum atomic E-state index is -0.479. The highest BCUT2D eigenvalue weighted by Gasteiger charge is 2.37. The highest BCUT2D eigenvalue weighted by molar-refractivity contribution is 5.99. The first kappa shape index (κ1) is 22.5. The molecule has 1 saturated heterocycles. The lowest BCUT2D eigenvalue weighted by molar-refractivity contribution is -0.118. The van der Waals surface area contributed by atoms with E-state index >= 15 is 0 Å². The molecule has 2 aromatic rings. The van der Waals surface area contributed by atoms with E-state index in [1.54, 1.807) is 0 Å². The molecule has 0 spiro atoms. The summed E-state index contributed by atoms with van der Waals surface area (Å²) in [6.45, 7) is 6.95. The van der Waals surface area contributed by atoms with Crippen molar-refractivity contribution in [2.45, 2.75) is 89.8 Å². The number of nitrogens with two attached hydrogens (primary N) is 1. The van der Waals surface area contributed by atoms with Gasteiger partial charge in [0.1, 0.15) is 11.7 Å². The number of oxazole rings is 1. The van der Waals surface area contributed by atoms with Gasteiger partial charge in [-0.2, -0.15) is 0 Å². The van der Waals surface area contributed by atoms with Gasteiger partial charge in [-0.1, -0.05) is 38.3 Å². The average Bonchev–Trinajstić information content (AvgIpc) is 3.25. The normalized spacial score (nSPS) is 24.6. The summed E-state index contributed by atoms with van der Waals surface area (Å²) in [5.74, 6) is -0.305. The molecule has 4 N–H and O–H groups in total. The monoisotopic (exact) mass is 437 g/mol. The van der Waals surface area contributed by atoms with E-state index in [1.165, 1.54) is 43.0 Å². The Morgan fingerprint density at radius 2 is 2.09 bits per heavy atom. The van der Waals surface area contributed by atoms with Gasteiger partial charge in [-0.25, -0.2) is 4.98 Å². The number of amidine groups is 1. The van der Waals surface area contributed by atoms with E-state index in [4.69, 9.17) is 15.6 Å². The Hall–Kier alpha value is -2.67. The molecule has 0 aliphatic carbocycles. The topological polar surface area (TPSA) is 108 Å². The maximum absolute atomic E-state index is 12.9. The SMILES string of the molecule is CCCCC(c1cccc2c1CC(c1cnc(C(=N)N)o1)C(=O)N2)N1C(C)CCCC1C. The molecular formula is C25H35N5O2. The quantitative estimate of drug-likeness (QED) is 0.429. The smallest absolute Gasteiger partial charge is 0.261 e. The molecule has 7 heteroatoms. The number of fused-ring (bicyclic) bond motifs is 1. The Kier molecular flexibility index (Phi) is 6.65. The summed E-state index contributed by atoms with van der Waals surface area (Å²) < 4.78 is 5.65. The summed E-state index contributed by atoms with van der Waals surface area (Å²) >= 11 is 0. The zero-order valence-corrected chi connectivity index (χ0v) is 19.4. The molecule has 4 unspecified atom stereocenters. The summed E-state index contributed by atoms with van der Waals surface area (Å²) in [6, 6.07) is 7.70. The zero-order chi connectivity index (χ0) is 22.8. The van der Waals surface area contributed by atoms with Crippen molar-refractivity contribution in [1.82, 2.24) is 9.88 Å². The molecule has 1 aromatic carbocycles. The summed E-state index contributed by atoms with van der Waals surface area (Å²) in [5, 5.41) is 10.6. The minimum Gasteiger partial charge on any atom is -0.438 e. The molecule has 0 saturated carbocycles. The van der Waals surface area contributed by atoms with E-state index in [0.29, 0.717) is 30.3 Å². The molecule has 7 nitrogen and oxygen atoms in total. The summed E-state index contributed by atoms with van der Waals surface area (Å²) in [6.07, 6.45) is 9.27. The van der Waals surface area contributed by atoms with Crippen LogP contribution >= 0.6 is 0 Å². The van der Waals surface area contributed by atoms with Gasteiger partial charge < -0.3 is 15.5 Å². The molecule has 1 aromatic heterocycles. The van der Waals surface area contributed by atoms with Gasteiger partial charge in [0.25, 0.3) is 5.89 Å². The summed E-state index contributed by atoms with van der Waals surface area (Å²) in [5.41, 5.74) is 8.90. The van der Waals surface area contributed by atoms with Crippen LogP contribution in [0.2, 0.25) is 0 Å². The van der Waals surface area contributed by atoms with Gasteiger partial charge in [0.05, 0.1) is 6.20 Å². The van der Waals surface area contributed by atoms with Crippen LogP contribution in [0.15, 0.2) is 28.8 Å². The van der Waals surface area contributed by atoms with Crippen molar-refractivity contribution in [3.63, 3.8) is 0 Å². The number of hydrogen-bond acceptors (Lipinski definition) is 5. The lowest BCUT2D eigenvalue weighted by atomic mass is 9.83. The molecule has 3 heterocycles. The number of nitrogens with one attached hydrogen (secondary N) is 2. The molecule has 0 radical (unpaired) electrons. The Bertz CT molecular complexity index is 974. The van der Waals surface area contributed by atoms with Gasteiger partial charge in [0.2, 0.25) is 5.91 Å². The van der Waals surface area contributed by atoms with Crippen molar-refractivity contribution in [2.75, 3.05) is 5.32 Å². The summed E-state index contributed by atoms with van der Waals surface area (Å²) in [4.78, 5) is 19.7. The lowest BCUT2D eigenvalue weighted by Gasteiger charge is -2.45. The van der Waals surface area contributed by atoms with Crippen molar-refractivity contribution in [2.24, 2.45) is 5.73 Å². The molecule has 4 atom stereocenters. The van der Waals surface area contributed by atoms with Gasteiger partial charge in [-0.15, -0.1) is 0 Å². The van der Waals surface area contributed by atoms with Crippen molar-refractivity contribution >= 4 is 17.4 Å². The van der Waals surface area contributed by atoms with Crippen LogP contribution in [0.25, 0.3) is 0 Å². The number of carbonyl (C=O) groups excluding carboxylic acids is 1. The number of amides is 1. The molecule has 0 bridgehead atoms. The van der Waals surface area contributed by atoms with Gasteiger partial charge >= 0.3 is 0 Å². The van der Waals surface area contributed by atoms with Crippen LogP contribution < -0.4 is 11.1 Å². The molecular weight excluding hydrogens is 402 g/mol. The third-order valence-corrected chi connectivity index (χ3v) is 7.10. The lowest BCUT2D eigenvalue weighted by Crippen LogP contribution is -2.46. The van der Waals surface area contributed by atoms with E-state index in [2.05, 4.69) is 48.1 Å². The zero-order valence-electron chi connectivity index (χ0n) is 19.4. The van der Waals surface area contributed by atoms with Crippen LogP contribution in [0.3, 0.4) is 0 Å². The number of nitrogens with zero attached hydrogens (tertiary/aromatic N) is 2. The van der Waals surface area contributed by atoms with Crippen LogP contribution in [0.1, 0.15) is 94.0 Å².